The molecule has 1 rings (SSSR count). The van der Waals surface area contributed by atoms with E-state index in [4.69, 9.17) is 15.3 Å². The molecule has 0 unspecified atom stereocenters. The number of hydrogen-bond acceptors (Lipinski definition) is 5. The minimum absolute atomic E-state index is 1.16. The summed E-state index contributed by atoms with van der Waals surface area (Å²) in [4.78, 5) is 31.9. The minimum Gasteiger partial charge on any atom is -0.479 e. The summed E-state index contributed by atoms with van der Waals surface area (Å²) in [7, 11) is 0. The number of carboxylic acid groups (broad SMARTS) is 3. The maximum atomic E-state index is 10.7. The Kier molecular flexibility index (Phi) is 2.65. The summed E-state index contributed by atoms with van der Waals surface area (Å²) < 4.78 is 8.97. The monoisotopic (exact) mass is 220 g/mol. The van der Waals surface area contributed by atoms with E-state index < -0.39 is 35.9 Å². The maximum Gasteiger partial charge on any atom is 0.377 e. The molecular weight excluding hydrogens is 212 g/mol. The molecule has 0 bridgehead atoms. The molecule has 84 valence electrons. The zero-order chi connectivity index (χ0) is 11.8. The van der Waals surface area contributed by atoms with Crippen LogP contribution >= 0.6 is 0 Å². The van der Waals surface area contributed by atoms with E-state index in [1.165, 1.54) is 6.92 Å². The molecule has 1 heterocycles. The average Bonchev–Trinajstić information content (AvgIpc) is 2.44. The van der Waals surface area contributed by atoms with Gasteiger partial charge in [-0.3, -0.25) is 0 Å². The van der Waals surface area contributed by atoms with Crippen LogP contribution in [0.5, 0.6) is 0 Å². The minimum atomic E-state index is -2.93. The predicted molar refractivity (Wildman–Crippen MR) is 41.1 cm³/mol. The van der Waals surface area contributed by atoms with Gasteiger partial charge in [0.2, 0.25) is 0 Å². The van der Waals surface area contributed by atoms with Gasteiger partial charge >= 0.3 is 23.7 Å². The van der Waals surface area contributed by atoms with Crippen molar-refractivity contribution in [1.29, 1.82) is 0 Å². The van der Waals surface area contributed by atoms with Crippen molar-refractivity contribution in [3.8, 4) is 0 Å². The van der Waals surface area contributed by atoms with Crippen LogP contribution in [-0.4, -0.2) is 51.2 Å². The SMILES string of the molecule is C[C@@H]1OC(C(=O)O)(C(=O)O)O[C@H]1C(=O)O. The Labute approximate surface area is 83.0 Å². The number of carbonyl (C=O) groups is 3. The Bertz CT molecular complexity index is 307. The summed E-state index contributed by atoms with van der Waals surface area (Å²) in [5.74, 6) is -8.20. The molecular formula is C7H8O8. The molecule has 0 aromatic heterocycles. The summed E-state index contributed by atoms with van der Waals surface area (Å²) in [6.07, 6.45) is -2.77. The second-order valence-electron chi connectivity index (χ2n) is 2.93. The predicted octanol–water partition coefficient (Wildman–Crippen LogP) is -1.26. The first-order valence-corrected chi connectivity index (χ1v) is 3.86. The average molecular weight is 220 g/mol. The molecule has 0 amide bonds. The molecule has 15 heavy (non-hydrogen) atoms. The fourth-order valence-corrected chi connectivity index (χ4v) is 1.17. The number of hydrogen-bond donors (Lipinski definition) is 3. The highest BCUT2D eigenvalue weighted by atomic mass is 16.8. The zero-order valence-corrected chi connectivity index (χ0v) is 7.54. The summed E-state index contributed by atoms with van der Waals surface area (Å²) in [5, 5.41) is 25.8. The van der Waals surface area contributed by atoms with Gasteiger partial charge in [0.25, 0.3) is 0 Å². The summed E-state index contributed by atoms with van der Waals surface area (Å²) in [5.41, 5.74) is 0. The van der Waals surface area contributed by atoms with E-state index in [1.807, 2.05) is 0 Å². The number of aliphatic carboxylic acids is 3. The van der Waals surface area contributed by atoms with Crippen LogP contribution in [0.15, 0.2) is 0 Å². The molecule has 0 radical (unpaired) electrons. The van der Waals surface area contributed by atoms with Crippen LogP contribution in [0.25, 0.3) is 0 Å². The third kappa shape index (κ3) is 1.64. The number of carboxylic acids is 3. The topological polar surface area (TPSA) is 130 Å². The van der Waals surface area contributed by atoms with Crippen LogP contribution < -0.4 is 0 Å². The van der Waals surface area contributed by atoms with Crippen LogP contribution in [0.1, 0.15) is 6.92 Å². The summed E-state index contributed by atoms with van der Waals surface area (Å²) >= 11 is 0. The van der Waals surface area contributed by atoms with Gasteiger partial charge in [-0.25, -0.2) is 14.4 Å². The van der Waals surface area contributed by atoms with Crippen molar-refractivity contribution in [1.82, 2.24) is 0 Å². The number of ether oxygens (including phenoxy) is 2. The Morgan fingerprint density at radius 2 is 1.53 bits per heavy atom. The summed E-state index contributed by atoms with van der Waals surface area (Å²) in [6.45, 7) is 1.21. The van der Waals surface area contributed by atoms with E-state index in [1.54, 1.807) is 0 Å². The van der Waals surface area contributed by atoms with Gasteiger partial charge in [0.05, 0.1) is 6.10 Å². The van der Waals surface area contributed by atoms with E-state index in [-0.39, 0.29) is 0 Å². The Morgan fingerprint density at radius 1 is 1.07 bits per heavy atom. The molecule has 0 spiro atoms. The second-order valence-corrected chi connectivity index (χ2v) is 2.93. The Balaban J connectivity index is 3.03. The van der Waals surface area contributed by atoms with Gasteiger partial charge in [-0.2, -0.15) is 0 Å². The first kappa shape index (κ1) is 11.4. The summed E-state index contributed by atoms with van der Waals surface area (Å²) in [6, 6.07) is 0. The molecule has 2 atom stereocenters. The highest BCUT2D eigenvalue weighted by molar-refractivity contribution is 6.00. The van der Waals surface area contributed by atoms with Gasteiger partial charge in [-0.05, 0) is 6.92 Å². The largest absolute Gasteiger partial charge is 0.479 e. The van der Waals surface area contributed by atoms with Gasteiger partial charge in [-0.1, -0.05) is 0 Å². The highest BCUT2D eigenvalue weighted by Gasteiger charge is 2.60. The first-order chi connectivity index (χ1) is 6.81. The van der Waals surface area contributed by atoms with Crippen LogP contribution in [0.4, 0.5) is 0 Å². The van der Waals surface area contributed by atoms with E-state index in [0.29, 0.717) is 0 Å². The van der Waals surface area contributed by atoms with Gasteiger partial charge in [-0.15, -0.1) is 0 Å². The van der Waals surface area contributed by atoms with Crippen LogP contribution in [-0.2, 0) is 23.9 Å². The lowest BCUT2D eigenvalue weighted by Crippen LogP contribution is -2.48. The fraction of sp³-hybridized carbons (Fsp3) is 0.571. The van der Waals surface area contributed by atoms with Gasteiger partial charge < -0.3 is 24.8 Å². The van der Waals surface area contributed by atoms with Crippen molar-refractivity contribution in [3.63, 3.8) is 0 Å². The van der Waals surface area contributed by atoms with E-state index in [2.05, 4.69) is 9.47 Å². The maximum absolute atomic E-state index is 10.7. The lowest BCUT2D eigenvalue weighted by Gasteiger charge is -2.16. The van der Waals surface area contributed by atoms with Crippen molar-refractivity contribution in [2.75, 3.05) is 0 Å². The molecule has 0 saturated carbocycles. The van der Waals surface area contributed by atoms with Gasteiger partial charge in [0.15, 0.2) is 6.10 Å². The lowest BCUT2D eigenvalue weighted by atomic mass is 10.2. The third-order valence-electron chi connectivity index (χ3n) is 1.88. The van der Waals surface area contributed by atoms with E-state index in [0.717, 1.165) is 0 Å². The molecule has 1 aliphatic heterocycles. The quantitative estimate of drug-likeness (QED) is 0.502. The smallest absolute Gasteiger partial charge is 0.377 e. The fourth-order valence-electron chi connectivity index (χ4n) is 1.17. The molecule has 1 aliphatic rings. The molecule has 8 heteroatoms. The highest BCUT2D eigenvalue weighted by Crippen LogP contribution is 2.29. The van der Waals surface area contributed by atoms with Crippen molar-refractivity contribution in [2.45, 2.75) is 24.9 Å². The van der Waals surface area contributed by atoms with Crippen LogP contribution in [0, 0.1) is 0 Å². The van der Waals surface area contributed by atoms with E-state index in [9.17, 15) is 14.4 Å². The van der Waals surface area contributed by atoms with Gasteiger partial charge in [0.1, 0.15) is 0 Å². The van der Waals surface area contributed by atoms with Gasteiger partial charge in [0, 0.05) is 0 Å². The molecule has 0 aromatic carbocycles. The normalized spacial score (nSPS) is 28.6. The van der Waals surface area contributed by atoms with Crippen molar-refractivity contribution < 1.29 is 39.2 Å². The molecule has 1 fully saturated rings. The molecule has 0 aromatic rings. The van der Waals surface area contributed by atoms with Crippen molar-refractivity contribution in [3.05, 3.63) is 0 Å². The first-order valence-electron chi connectivity index (χ1n) is 3.86. The zero-order valence-electron chi connectivity index (χ0n) is 7.54. The van der Waals surface area contributed by atoms with Crippen molar-refractivity contribution >= 4 is 17.9 Å². The lowest BCUT2D eigenvalue weighted by molar-refractivity contribution is -0.220. The number of rotatable bonds is 3. The Morgan fingerprint density at radius 3 is 1.73 bits per heavy atom. The molecule has 3 N–H and O–H groups in total. The van der Waals surface area contributed by atoms with Crippen molar-refractivity contribution in [2.24, 2.45) is 0 Å². The standard InChI is InChI=1S/C7H8O8/c1-2-3(4(8)9)15-7(14-2,5(10)11)6(12)13/h2-3H,1H3,(H,8,9)(H,10,11)(H,12,13)/t2-,3+/m0/s1. The molecule has 1 saturated heterocycles. The molecule has 8 nitrogen and oxygen atoms in total. The Hall–Kier alpha value is -1.67. The van der Waals surface area contributed by atoms with E-state index >= 15 is 0 Å². The van der Waals surface area contributed by atoms with Crippen LogP contribution in [0.3, 0.4) is 0 Å². The van der Waals surface area contributed by atoms with Crippen LogP contribution in [0.2, 0.25) is 0 Å². The second kappa shape index (κ2) is 3.48. The molecule has 0 aliphatic carbocycles. The third-order valence-corrected chi connectivity index (χ3v) is 1.88.